The number of nitrogens with zero attached hydrogens (tertiary/aromatic N) is 2. The molecular weight excluding hydrogens is 364 g/mol. The normalized spacial score (nSPS) is 11.2. The Labute approximate surface area is 160 Å². The molecule has 2 N–H and O–H groups in total. The minimum absolute atomic E-state index is 0.0389. The number of unbranched alkanes of at least 4 members (excludes halogenated alkanes) is 3. The molecule has 2 rings (SSSR count). The molecule has 146 valence electrons. The summed E-state index contributed by atoms with van der Waals surface area (Å²) in [6.07, 6.45) is 4.60. The van der Waals surface area contributed by atoms with Gasteiger partial charge in [-0.15, -0.1) is 0 Å². The van der Waals surface area contributed by atoms with Gasteiger partial charge in [0.25, 0.3) is 10.0 Å². The van der Waals surface area contributed by atoms with Gasteiger partial charge in [-0.05, 0) is 50.6 Å². The van der Waals surface area contributed by atoms with Crippen LogP contribution in [0.25, 0.3) is 0 Å². The minimum Gasteiger partial charge on any atom is -0.326 e. The van der Waals surface area contributed by atoms with Crippen molar-refractivity contribution in [1.82, 2.24) is 9.97 Å². The Bertz CT molecular complexity index is 860. The Morgan fingerprint density at radius 3 is 2.22 bits per heavy atom. The maximum Gasteiger partial charge on any atom is 0.264 e. The molecule has 7 nitrogen and oxygen atoms in total. The molecule has 1 heterocycles. The van der Waals surface area contributed by atoms with E-state index in [1.807, 2.05) is 0 Å². The molecule has 0 saturated heterocycles. The summed E-state index contributed by atoms with van der Waals surface area (Å²) in [5.41, 5.74) is 1.92. The van der Waals surface area contributed by atoms with Gasteiger partial charge in [0.1, 0.15) is 0 Å². The SMILES string of the molecule is CCCCCCC(=O)Nc1ccc(S(=O)(=O)Nc2nc(C)cc(C)n2)cc1. The van der Waals surface area contributed by atoms with Crippen molar-refractivity contribution in [3.63, 3.8) is 0 Å². The topological polar surface area (TPSA) is 101 Å². The molecule has 1 amide bonds. The Morgan fingerprint density at radius 1 is 1.00 bits per heavy atom. The fraction of sp³-hybridized carbons (Fsp3) is 0.421. The Kier molecular flexibility index (Phi) is 7.29. The van der Waals surface area contributed by atoms with E-state index in [1.165, 1.54) is 12.1 Å². The standard InChI is InChI=1S/C19H26N4O3S/c1-4-5-6-7-8-18(24)22-16-9-11-17(12-10-16)27(25,26)23-19-20-14(2)13-15(3)21-19/h9-13H,4-8H2,1-3H3,(H,22,24)(H,20,21,23). The number of hydrogen-bond acceptors (Lipinski definition) is 5. The summed E-state index contributed by atoms with van der Waals surface area (Å²) in [6, 6.07) is 7.79. The molecular formula is C19H26N4O3S. The molecule has 0 atom stereocenters. The zero-order valence-electron chi connectivity index (χ0n) is 15.9. The average molecular weight is 391 g/mol. The number of aryl methyl sites for hydroxylation is 2. The second-order valence-electron chi connectivity index (χ2n) is 6.46. The van der Waals surface area contributed by atoms with E-state index in [-0.39, 0.29) is 16.8 Å². The molecule has 27 heavy (non-hydrogen) atoms. The van der Waals surface area contributed by atoms with Crippen LogP contribution in [0.4, 0.5) is 11.6 Å². The summed E-state index contributed by atoms with van der Waals surface area (Å²) in [5, 5.41) is 2.78. The van der Waals surface area contributed by atoms with Crippen LogP contribution in [-0.2, 0) is 14.8 Å². The van der Waals surface area contributed by atoms with Crippen molar-refractivity contribution in [3.05, 3.63) is 41.7 Å². The first-order valence-corrected chi connectivity index (χ1v) is 10.5. The minimum atomic E-state index is -3.80. The van der Waals surface area contributed by atoms with E-state index in [9.17, 15) is 13.2 Å². The molecule has 1 aromatic heterocycles. The fourth-order valence-corrected chi connectivity index (χ4v) is 3.55. The lowest BCUT2D eigenvalue weighted by molar-refractivity contribution is -0.116. The predicted molar refractivity (Wildman–Crippen MR) is 106 cm³/mol. The highest BCUT2D eigenvalue weighted by atomic mass is 32.2. The molecule has 0 fully saturated rings. The van der Waals surface area contributed by atoms with Gasteiger partial charge in [-0.3, -0.25) is 4.79 Å². The molecule has 0 aliphatic heterocycles. The summed E-state index contributed by atoms with van der Waals surface area (Å²) in [4.78, 5) is 20.1. The average Bonchev–Trinajstić information content (AvgIpc) is 2.58. The van der Waals surface area contributed by atoms with Crippen LogP contribution < -0.4 is 10.0 Å². The molecule has 0 saturated carbocycles. The number of benzene rings is 1. The van der Waals surface area contributed by atoms with E-state index < -0.39 is 10.0 Å². The predicted octanol–water partition coefficient (Wildman–Crippen LogP) is 3.80. The number of nitrogens with one attached hydrogen (secondary N) is 2. The smallest absolute Gasteiger partial charge is 0.264 e. The molecule has 0 spiro atoms. The first-order chi connectivity index (χ1) is 12.8. The summed E-state index contributed by atoms with van der Waals surface area (Å²) >= 11 is 0. The molecule has 0 aliphatic carbocycles. The number of carbonyl (C=O) groups excluding carboxylic acids is 1. The van der Waals surface area contributed by atoms with Crippen LogP contribution in [0.5, 0.6) is 0 Å². The lowest BCUT2D eigenvalue weighted by Gasteiger charge is -2.09. The lowest BCUT2D eigenvalue weighted by Crippen LogP contribution is -2.16. The van der Waals surface area contributed by atoms with Crippen LogP contribution in [0.1, 0.15) is 50.4 Å². The second kappa shape index (κ2) is 9.45. The van der Waals surface area contributed by atoms with Crippen LogP contribution in [0.2, 0.25) is 0 Å². The molecule has 0 bridgehead atoms. The zero-order valence-corrected chi connectivity index (χ0v) is 16.8. The van der Waals surface area contributed by atoms with Gasteiger partial charge in [-0.25, -0.2) is 23.1 Å². The molecule has 0 unspecified atom stereocenters. The maximum absolute atomic E-state index is 12.5. The van der Waals surface area contributed by atoms with Gasteiger partial charge in [0.2, 0.25) is 11.9 Å². The molecule has 2 aromatic rings. The quantitative estimate of drug-likeness (QED) is 0.634. The molecule has 8 heteroatoms. The molecule has 1 aromatic carbocycles. The van der Waals surface area contributed by atoms with Crippen LogP contribution in [-0.4, -0.2) is 24.3 Å². The van der Waals surface area contributed by atoms with Crippen LogP contribution in [0, 0.1) is 13.8 Å². The molecule has 0 aliphatic rings. The number of anilines is 2. The number of rotatable bonds is 9. The highest BCUT2D eigenvalue weighted by Crippen LogP contribution is 2.17. The van der Waals surface area contributed by atoms with Gasteiger partial charge >= 0.3 is 0 Å². The van der Waals surface area contributed by atoms with Crippen LogP contribution >= 0.6 is 0 Å². The van der Waals surface area contributed by atoms with Crippen molar-refractivity contribution in [1.29, 1.82) is 0 Å². The second-order valence-corrected chi connectivity index (χ2v) is 8.15. The van der Waals surface area contributed by atoms with Gasteiger partial charge < -0.3 is 5.32 Å². The Morgan fingerprint density at radius 2 is 1.63 bits per heavy atom. The van der Waals surface area contributed by atoms with Crippen molar-refractivity contribution in [2.75, 3.05) is 10.0 Å². The number of amides is 1. The van der Waals surface area contributed by atoms with E-state index >= 15 is 0 Å². The van der Waals surface area contributed by atoms with Crippen molar-refractivity contribution in [3.8, 4) is 0 Å². The highest BCUT2D eigenvalue weighted by Gasteiger charge is 2.16. The van der Waals surface area contributed by atoms with E-state index in [4.69, 9.17) is 0 Å². The summed E-state index contributed by atoms with van der Waals surface area (Å²) in [5.74, 6) is -0.0274. The van der Waals surface area contributed by atoms with Gasteiger partial charge in [-0.1, -0.05) is 26.2 Å². The van der Waals surface area contributed by atoms with Crippen LogP contribution in [0.15, 0.2) is 35.2 Å². The van der Waals surface area contributed by atoms with Crippen molar-refractivity contribution in [2.24, 2.45) is 0 Å². The van der Waals surface area contributed by atoms with Crippen molar-refractivity contribution >= 4 is 27.6 Å². The summed E-state index contributed by atoms with van der Waals surface area (Å²) in [7, 11) is -3.80. The van der Waals surface area contributed by atoms with Gasteiger partial charge in [0, 0.05) is 23.5 Å². The van der Waals surface area contributed by atoms with Gasteiger partial charge in [0.05, 0.1) is 4.90 Å². The lowest BCUT2D eigenvalue weighted by atomic mass is 10.1. The first kappa shape index (κ1) is 20.8. The van der Waals surface area contributed by atoms with Gasteiger partial charge in [-0.2, -0.15) is 0 Å². The van der Waals surface area contributed by atoms with Gasteiger partial charge in [0.15, 0.2) is 0 Å². The van der Waals surface area contributed by atoms with Crippen molar-refractivity contribution in [2.45, 2.75) is 57.8 Å². The highest BCUT2D eigenvalue weighted by molar-refractivity contribution is 7.92. The van der Waals surface area contributed by atoms with E-state index in [0.29, 0.717) is 23.5 Å². The van der Waals surface area contributed by atoms with E-state index in [2.05, 4.69) is 26.9 Å². The van der Waals surface area contributed by atoms with E-state index in [0.717, 1.165) is 25.7 Å². The third kappa shape index (κ3) is 6.63. The fourth-order valence-electron chi connectivity index (χ4n) is 2.60. The summed E-state index contributed by atoms with van der Waals surface area (Å²) in [6.45, 7) is 5.66. The van der Waals surface area contributed by atoms with Crippen molar-refractivity contribution < 1.29 is 13.2 Å². The number of sulfonamides is 1. The third-order valence-electron chi connectivity index (χ3n) is 3.91. The largest absolute Gasteiger partial charge is 0.326 e. The Hall–Kier alpha value is -2.48. The Balaban J connectivity index is 1.99. The maximum atomic E-state index is 12.5. The van der Waals surface area contributed by atoms with Crippen LogP contribution in [0.3, 0.4) is 0 Å². The number of carbonyl (C=O) groups is 1. The summed E-state index contributed by atoms with van der Waals surface area (Å²) < 4.78 is 27.3. The third-order valence-corrected chi connectivity index (χ3v) is 5.26. The first-order valence-electron chi connectivity index (χ1n) is 9.05. The number of hydrogen-bond donors (Lipinski definition) is 2. The monoisotopic (exact) mass is 390 g/mol. The zero-order chi connectivity index (χ0) is 19.9. The van der Waals surface area contributed by atoms with E-state index in [1.54, 1.807) is 32.0 Å². The molecule has 0 radical (unpaired) electrons. The number of aromatic nitrogens is 2.